The number of carbonyl (C=O) groups is 4. The van der Waals surface area contributed by atoms with Gasteiger partial charge in [0.05, 0.1) is 29.4 Å². The highest BCUT2D eigenvalue weighted by Gasteiger charge is 2.25. The van der Waals surface area contributed by atoms with E-state index in [1.54, 1.807) is 45.2 Å². The summed E-state index contributed by atoms with van der Waals surface area (Å²) >= 11 is 6.02. The molecule has 2 aromatic heterocycles. The fourth-order valence-electron chi connectivity index (χ4n) is 4.37. The van der Waals surface area contributed by atoms with E-state index in [2.05, 4.69) is 31.2 Å². The number of unbranched alkanes of at least 4 members (excludes halogenated alkanes) is 1. The number of nitrogens with zero attached hydrogens (tertiary/aromatic N) is 3. The van der Waals surface area contributed by atoms with E-state index < -0.39 is 54.2 Å². The molecule has 0 aliphatic rings. The zero-order valence-corrected chi connectivity index (χ0v) is 28.0. The van der Waals surface area contributed by atoms with Gasteiger partial charge in [-0.05, 0) is 63.8 Å². The van der Waals surface area contributed by atoms with Crippen LogP contribution in [0.25, 0.3) is 10.9 Å². The maximum absolute atomic E-state index is 13.9. The molecule has 0 fully saturated rings. The van der Waals surface area contributed by atoms with Gasteiger partial charge in [-0.2, -0.15) is 0 Å². The fourth-order valence-corrected chi connectivity index (χ4v) is 4.57. The van der Waals surface area contributed by atoms with Gasteiger partial charge >= 0.3 is 18.2 Å². The van der Waals surface area contributed by atoms with Crippen LogP contribution in [0.5, 0.6) is 0 Å². The summed E-state index contributed by atoms with van der Waals surface area (Å²) < 4.78 is 24.4. The normalized spacial score (nSPS) is 12.4. The van der Waals surface area contributed by atoms with Crippen LogP contribution in [0.3, 0.4) is 0 Å². The zero-order valence-electron chi connectivity index (χ0n) is 27.2. The average Bonchev–Trinajstić information content (AvgIpc) is 3.04. The number of alkyl carbamates (subject to hydrolysis) is 1. The molecule has 3 rings (SSSR count). The lowest BCUT2D eigenvalue weighted by Crippen LogP contribution is -2.50. The first-order valence-electron chi connectivity index (χ1n) is 15.2. The van der Waals surface area contributed by atoms with Crippen molar-refractivity contribution in [2.45, 2.75) is 64.3 Å². The highest BCUT2D eigenvalue weighted by Crippen LogP contribution is 2.20. The molecule has 48 heavy (non-hydrogen) atoms. The third kappa shape index (κ3) is 12.1. The van der Waals surface area contributed by atoms with E-state index in [0.717, 1.165) is 5.39 Å². The Morgan fingerprint density at radius 3 is 2.56 bits per heavy atom. The van der Waals surface area contributed by atoms with Gasteiger partial charge in [0, 0.05) is 31.7 Å². The number of benzene rings is 1. The van der Waals surface area contributed by atoms with E-state index in [1.165, 1.54) is 30.3 Å². The largest absolute Gasteiger partial charge is 0.447 e. The van der Waals surface area contributed by atoms with E-state index >= 15 is 0 Å². The molecule has 0 saturated carbocycles. The third-order valence-electron chi connectivity index (χ3n) is 6.91. The predicted octanol–water partition coefficient (Wildman–Crippen LogP) is 4.35. The molecule has 0 aliphatic heterocycles. The summed E-state index contributed by atoms with van der Waals surface area (Å²) in [6.07, 6.45) is 2.86. The van der Waals surface area contributed by atoms with E-state index in [9.17, 15) is 28.7 Å². The number of nitrogens with one attached hydrogen (secondary N) is 4. The summed E-state index contributed by atoms with van der Waals surface area (Å²) in [5, 5.41) is 20.5. The minimum Gasteiger partial charge on any atom is -0.447 e. The Hall–Kier alpha value is -4.76. The Morgan fingerprint density at radius 1 is 1.06 bits per heavy atom. The van der Waals surface area contributed by atoms with Crippen LogP contribution in [-0.2, 0) is 20.8 Å². The van der Waals surface area contributed by atoms with Crippen LogP contribution in [0, 0.1) is 5.82 Å². The number of halogens is 2. The van der Waals surface area contributed by atoms with E-state index in [0.29, 0.717) is 30.3 Å². The lowest BCUT2D eigenvalue weighted by Gasteiger charge is -2.28. The van der Waals surface area contributed by atoms with Crippen molar-refractivity contribution < 1.29 is 38.1 Å². The van der Waals surface area contributed by atoms with Crippen molar-refractivity contribution in [3.63, 3.8) is 0 Å². The Balaban J connectivity index is 1.56. The second kappa shape index (κ2) is 18.0. The van der Waals surface area contributed by atoms with Crippen molar-refractivity contribution in [2.75, 3.05) is 32.1 Å². The van der Waals surface area contributed by atoms with Gasteiger partial charge in [-0.25, -0.2) is 23.8 Å². The molecule has 3 aromatic rings. The van der Waals surface area contributed by atoms with Crippen molar-refractivity contribution >= 4 is 52.4 Å². The van der Waals surface area contributed by atoms with Crippen LogP contribution >= 0.6 is 11.6 Å². The van der Waals surface area contributed by atoms with Gasteiger partial charge in [0.25, 0.3) is 0 Å². The molecule has 260 valence electrons. The minimum absolute atomic E-state index is 0.0360. The highest BCUT2D eigenvalue weighted by molar-refractivity contribution is 6.31. The summed E-state index contributed by atoms with van der Waals surface area (Å²) in [5.74, 6) is -0.942. The van der Waals surface area contributed by atoms with Crippen molar-refractivity contribution in [2.24, 2.45) is 0 Å². The number of carbonyl (C=O) groups excluding carboxylic acids is 4. The number of aliphatic hydroxyl groups excluding tert-OH is 1. The third-order valence-corrected chi connectivity index (χ3v) is 7.33. The molecule has 2 heterocycles. The molecule has 2 atom stereocenters. The fraction of sp³-hybridized carbons (Fsp3) is 0.438. The maximum Gasteiger partial charge on any atom is 0.412 e. The summed E-state index contributed by atoms with van der Waals surface area (Å²) in [6, 6.07) is 7.21. The van der Waals surface area contributed by atoms with Gasteiger partial charge in [-0.15, -0.1) is 0 Å². The minimum atomic E-state index is -1.20. The second-order valence-corrected chi connectivity index (χ2v) is 12.2. The topological polar surface area (TPSA) is 184 Å². The number of aliphatic hydroxyl groups is 1. The van der Waals surface area contributed by atoms with Crippen LogP contribution in [0.1, 0.15) is 45.6 Å². The summed E-state index contributed by atoms with van der Waals surface area (Å²) in [5.41, 5.74) is 0.274. The molecule has 0 aliphatic carbocycles. The van der Waals surface area contributed by atoms with Crippen molar-refractivity contribution in [3.8, 4) is 0 Å². The van der Waals surface area contributed by atoms with Gasteiger partial charge in [0.2, 0.25) is 5.91 Å². The molecular formula is C32H41ClFN7O7. The summed E-state index contributed by atoms with van der Waals surface area (Å²) in [4.78, 5) is 59.9. The standard InChI is InChI=1S/C32H41ClFN7O7/c1-32(2,3)48-31(46)39-25(18-42)28(43)36-13-6-5-11-22(41(4)29(44)38-16-21-9-7-12-23(34)27(21)33)19-47-30(45)40-26-15-20-10-8-14-35-24(20)17-37-26/h7-10,12,14-15,17,22,25,42H,5-6,11,13,16,18-19H2,1-4H3,(H,36,43)(H,38,44)(H,39,46)(H,37,40,45)/t22-,25-/m0/s1. The number of anilines is 1. The Bertz CT molecular complexity index is 1570. The molecule has 5 N–H and O–H groups in total. The Morgan fingerprint density at radius 2 is 1.83 bits per heavy atom. The average molecular weight is 690 g/mol. The van der Waals surface area contributed by atoms with Crippen LogP contribution < -0.4 is 21.3 Å². The number of pyridine rings is 2. The molecule has 5 amide bonds. The van der Waals surface area contributed by atoms with Gasteiger partial charge in [-0.1, -0.05) is 29.8 Å². The van der Waals surface area contributed by atoms with Gasteiger partial charge in [-0.3, -0.25) is 15.1 Å². The quantitative estimate of drug-likeness (QED) is 0.154. The molecule has 0 bridgehead atoms. The molecule has 16 heteroatoms. The molecule has 0 spiro atoms. The number of fused-ring (bicyclic) bond motifs is 1. The predicted molar refractivity (Wildman–Crippen MR) is 177 cm³/mol. The number of rotatable bonds is 14. The summed E-state index contributed by atoms with van der Waals surface area (Å²) in [6.45, 7) is 4.39. The highest BCUT2D eigenvalue weighted by atomic mass is 35.5. The molecule has 0 radical (unpaired) electrons. The zero-order chi connectivity index (χ0) is 35.3. The number of ether oxygens (including phenoxy) is 2. The van der Waals surface area contributed by atoms with Crippen molar-refractivity contribution in [1.82, 2.24) is 30.8 Å². The van der Waals surface area contributed by atoms with Crippen LogP contribution in [0.2, 0.25) is 5.02 Å². The van der Waals surface area contributed by atoms with Gasteiger partial charge in [0.1, 0.15) is 29.9 Å². The van der Waals surface area contributed by atoms with Crippen LogP contribution in [0.4, 0.5) is 24.6 Å². The maximum atomic E-state index is 13.9. The molecular weight excluding hydrogens is 649 g/mol. The number of amides is 5. The molecule has 14 nitrogen and oxygen atoms in total. The van der Waals surface area contributed by atoms with Crippen LogP contribution in [-0.4, -0.2) is 88.6 Å². The number of urea groups is 1. The van der Waals surface area contributed by atoms with E-state index in [4.69, 9.17) is 21.1 Å². The van der Waals surface area contributed by atoms with Crippen LogP contribution in [0.15, 0.2) is 48.8 Å². The van der Waals surface area contributed by atoms with Gasteiger partial charge in [0.15, 0.2) is 0 Å². The second-order valence-electron chi connectivity index (χ2n) is 11.8. The first-order valence-corrected chi connectivity index (χ1v) is 15.6. The summed E-state index contributed by atoms with van der Waals surface area (Å²) in [7, 11) is 1.53. The monoisotopic (exact) mass is 689 g/mol. The van der Waals surface area contributed by atoms with Gasteiger partial charge < -0.3 is 35.4 Å². The number of likely N-dealkylation sites (N-methyl/N-ethyl adjacent to an activating group) is 1. The lowest BCUT2D eigenvalue weighted by molar-refractivity contribution is -0.124. The lowest BCUT2D eigenvalue weighted by atomic mass is 10.1. The number of hydrogen-bond donors (Lipinski definition) is 5. The Labute approximate surface area is 282 Å². The van der Waals surface area contributed by atoms with E-state index in [-0.39, 0.29) is 30.5 Å². The number of aromatic nitrogens is 2. The first kappa shape index (κ1) is 37.7. The molecule has 0 saturated heterocycles. The molecule has 0 unspecified atom stereocenters. The molecule has 1 aromatic carbocycles. The SMILES string of the molecule is CN(C(=O)NCc1cccc(F)c1Cl)[C@@H](CCCCNC(=O)[C@H](CO)NC(=O)OC(C)(C)C)COC(=O)Nc1cc2cccnc2cn1. The smallest absolute Gasteiger partial charge is 0.412 e. The Kier molecular flexibility index (Phi) is 14.1. The van der Waals surface area contributed by atoms with Crippen molar-refractivity contribution in [3.05, 3.63) is 65.2 Å². The number of hydrogen-bond acceptors (Lipinski definition) is 9. The van der Waals surface area contributed by atoms with Crippen molar-refractivity contribution in [1.29, 1.82) is 0 Å². The first-order chi connectivity index (χ1) is 22.8. The van der Waals surface area contributed by atoms with E-state index in [1.807, 2.05) is 6.07 Å².